The first kappa shape index (κ1) is 14.9. The molecular formula is C12H6BrFN2O5. The number of ether oxygens (including phenoxy) is 1. The topological polar surface area (TPSA) is 103 Å². The molecule has 0 saturated heterocycles. The van der Waals surface area contributed by atoms with E-state index in [2.05, 4.69) is 20.9 Å². The van der Waals surface area contributed by atoms with E-state index in [4.69, 9.17) is 9.84 Å². The van der Waals surface area contributed by atoms with Gasteiger partial charge in [0.15, 0.2) is 5.82 Å². The van der Waals surface area contributed by atoms with Gasteiger partial charge >= 0.3 is 11.7 Å². The van der Waals surface area contributed by atoms with Crippen LogP contribution in [0.4, 0.5) is 10.1 Å². The zero-order valence-corrected chi connectivity index (χ0v) is 11.7. The summed E-state index contributed by atoms with van der Waals surface area (Å²) in [5.41, 5.74) is -0.988. The van der Waals surface area contributed by atoms with Gasteiger partial charge in [-0.2, -0.15) is 0 Å². The molecule has 0 atom stereocenters. The number of nitrogens with zero attached hydrogens (tertiary/aromatic N) is 2. The van der Waals surface area contributed by atoms with Gasteiger partial charge in [-0.1, -0.05) is 6.07 Å². The summed E-state index contributed by atoms with van der Waals surface area (Å²) in [5, 5.41) is 19.9. The predicted octanol–water partition coefficient (Wildman–Crippen LogP) is 3.38. The zero-order chi connectivity index (χ0) is 15.6. The molecule has 2 rings (SSSR count). The van der Waals surface area contributed by atoms with Crippen LogP contribution in [0, 0.1) is 15.9 Å². The smallest absolute Gasteiger partial charge is 0.341 e. The van der Waals surface area contributed by atoms with Crippen LogP contribution in [0.5, 0.6) is 11.6 Å². The summed E-state index contributed by atoms with van der Waals surface area (Å²) in [7, 11) is 0. The molecule has 0 amide bonds. The molecule has 1 heterocycles. The second-order valence-corrected chi connectivity index (χ2v) is 4.67. The standard InChI is InChI=1S/C12H6BrFN2O5/c13-6-4-7(12(17)18)11(15-5-6)21-10-8(14)2-1-3-9(10)16(19)20/h1-5H,(H,17,18). The summed E-state index contributed by atoms with van der Waals surface area (Å²) in [6, 6.07) is 4.34. The molecule has 0 aliphatic rings. The highest BCUT2D eigenvalue weighted by Crippen LogP contribution is 2.34. The van der Waals surface area contributed by atoms with Gasteiger partial charge in [-0.05, 0) is 28.1 Å². The Hall–Kier alpha value is -2.55. The molecule has 0 fully saturated rings. The summed E-state index contributed by atoms with van der Waals surface area (Å²) < 4.78 is 19.1. The number of nitro benzene ring substituents is 1. The Morgan fingerprint density at radius 1 is 1.48 bits per heavy atom. The summed E-state index contributed by atoms with van der Waals surface area (Å²) in [6.07, 6.45) is 1.23. The number of carboxylic acids is 1. The number of pyridine rings is 1. The zero-order valence-electron chi connectivity index (χ0n) is 10.1. The predicted molar refractivity (Wildman–Crippen MR) is 72.0 cm³/mol. The van der Waals surface area contributed by atoms with Crippen molar-refractivity contribution in [3.05, 3.63) is 56.4 Å². The maximum Gasteiger partial charge on any atom is 0.341 e. The summed E-state index contributed by atoms with van der Waals surface area (Å²) in [6.45, 7) is 0. The molecule has 0 bridgehead atoms. The number of nitro groups is 1. The third kappa shape index (κ3) is 3.14. The minimum Gasteiger partial charge on any atom is -0.477 e. The van der Waals surface area contributed by atoms with Crippen LogP contribution < -0.4 is 4.74 Å². The van der Waals surface area contributed by atoms with Gasteiger partial charge in [-0.3, -0.25) is 10.1 Å². The molecular weight excluding hydrogens is 351 g/mol. The average molecular weight is 357 g/mol. The number of para-hydroxylation sites is 1. The van der Waals surface area contributed by atoms with Crippen molar-refractivity contribution in [3.63, 3.8) is 0 Å². The lowest BCUT2D eigenvalue weighted by Crippen LogP contribution is -2.04. The number of aromatic nitrogens is 1. The minimum absolute atomic E-state index is 0.359. The van der Waals surface area contributed by atoms with Gasteiger partial charge in [-0.15, -0.1) is 0 Å². The molecule has 9 heteroatoms. The third-order valence-corrected chi connectivity index (χ3v) is 2.82. The van der Waals surface area contributed by atoms with Crippen molar-refractivity contribution in [1.82, 2.24) is 4.98 Å². The molecule has 7 nitrogen and oxygen atoms in total. The number of hydrogen-bond acceptors (Lipinski definition) is 5. The molecule has 1 aromatic carbocycles. The number of carboxylic acid groups (broad SMARTS) is 1. The van der Waals surface area contributed by atoms with Crippen LogP contribution >= 0.6 is 15.9 Å². The van der Waals surface area contributed by atoms with E-state index in [9.17, 15) is 19.3 Å². The quantitative estimate of drug-likeness (QED) is 0.665. The van der Waals surface area contributed by atoms with Crippen molar-refractivity contribution in [2.75, 3.05) is 0 Å². The summed E-state index contributed by atoms with van der Waals surface area (Å²) >= 11 is 3.04. The van der Waals surface area contributed by atoms with E-state index in [0.717, 1.165) is 18.2 Å². The Labute approximate surface area is 125 Å². The van der Waals surface area contributed by atoms with E-state index in [1.54, 1.807) is 0 Å². The van der Waals surface area contributed by atoms with Gasteiger partial charge in [0.05, 0.1) is 4.92 Å². The lowest BCUT2D eigenvalue weighted by Gasteiger charge is -2.08. The third-order valence-electron chi connectivity index (χ3n) is 2.39. The van der Waals surface area contributed by atoms with Gasteiger partial charge < -0.3 is 9.84 Å². The minimum atomic E-state index is -1.36. The Bertz CT molecular complexity index is 738. The van der Waals surface area contributed by atoms with Crippen LogP contribution in [0.25, 0.3) is 0 Å². The maximum absolute atomic E-state index is 13.7. The van der Waals surface area contributed by atoms with E-state index in [1.165, 1.54) is 12.3 Å². The highest BCUT2D eigenvalue weighted by Gasteiger charge is 2.23. The second-order valence-electron chi connectivity index (χ2n) is 3.76. The summed E-state index contributed by atoms with van der Waals surface area (Å²) in [5.74, 6) is -3.50. The van der Waals surface area contributed by atoms with E-state index >= 15 is 0 Å². The number of halogens is 2. The number of hydrogen-bond donors (Lipinski definition) is 1. The first-order valence-electron chi connectivity index (χ1n) is 5.39. The normalized spacial score (nSPS) is 10.2. The van der Waals surface area contributed by atoms with Crippen molar-refractivity contribution in [2.45, 2.75) is 0 Å². The summed E-state index contributed by atoms with van der Waals surface area (Å²) in [4.78, 5) is 24.8. The molecule has 0 spiro atoms. The lowest BCUT2D eigenvalue weighted by molar-refractivity contribution is -0.385. The van der Waals surface area contributed by atoms with E-state index in [-0.39, 0.29) is 5.56 Å². The van der Waals surface area contributed by atoms with Crippen LogP contribution in [0.1, 0.15) is 10.4 Å². The van der Waals surface area contributed by atoms with E-state index in [0.29, 0.717) is 4.47 Å². The van der Waals surface area contributed by atoms with Crippen LogP contribution in [0.15, 0.2) is 34.9 Å². The highest BCUT2D eigenvalue weighted by molar-refractivity contribution is 9.10. The molecule has 1 N–H and O–H groups in total. The van der Waals surface area contributed by atoms with Gasteiger partial charge in [0.2, 0.25) is 11.6 Å². The first-order valence-corrected chi connectivity index (χ1v) is 6.19. The van der Waals surface area contributed by atoms with Crippen LogP contribution in [-0.4, -0.2) is 21.0 Å². The van der Waals surface area contributed by atoms with Crippen LogP contribution in [0.3, 0.4) is 0 Å². The molecule has 0 radical (unpaired) electrons. The van der Waals surface area contributed by atoms with Gasteiger partial charge in [0.25, 0.3) is 0 Å². The maximum atomic E-state index is 13.7. The molecule has 0 unspecified atom stereocenters. The number of benzene rings is 1. The molecule has 0 aliphatic carbocycles. The SMILES string of the molecule is O=C(O)c1cc(Br)cnc1Oc1c(F)cccc1[N+](=O)[O-]. The Kier molecular flexibility index (Phi) is 4.13. The van der Waals surface area contributed by atoms with Crippen molar-refractivity contribution in [2.24, 2.45) is 0 Å². The van der Waals surface area contributed by atoms with Crippen molar-refractivity contribution in [3.8, 4) is 11.6 Å². The van der Waals surface area contributed by atoms with Crippen molar-refractivity contribution in [1.29, 1.82) is 0 Å². The fraction of sp³-hybridized carbons (Fsp3) is 0. The Balaban J connectivity index is 2.53. The number of aromatic carboxylic acids is 1. The van der Waals surface area contributed by atoms with Crippen LogP contribution in [0.2, 0.25) is 0 Å². The fourth-order valence-corrected chi connectivity index (χ4v) is 1.83. The van der Waals surface area contributed by atoms with Gasteiger partial charge in [0.1, 0.15) is 5.56 Å². The molecule has 0 saturated carbocycles. The highest BCUT2D eigenvalue weighted by atomic mass is 79.9. The molecule has 1 aromatic heterocycles. The van der Waals surface area contributed by atoms with E-state index in [1.807, 2.05) is 0 Å². The largest absolute Gasteiger partial charge is 0.477 e. The number of rotatable bonds is 4. The first-order chi connectivity index (χ1) is 9.90. The van der Waals surface area contributed by atoms with Gasteiger partial charge in [0, 0.05) is 16.7 Å². The fourth-order valence-electron chi connectivity index (χ4n) is 1.50. The lowest BCUT2D eigenvalue weighted by atomic mass is 10.2. The van der Waals surface area contributed by atoms with Gasteiger partial charge in [-0.25, -0.2) is 14.2 Å². The van der Waals surface area contributed by atoms with Crippen LogP contribution in [-0.2, 0) is 0 Å². The van der Waals surface area contributed by atoms with Crippen molar-refractivity contribution < 1.29 is 24.0 Å². The Morgan fingerprint density at radius 3 is 2.81 bits per heavy atom. The van der Waals surface area contributed by atoms with Crippen molar-refractivity contribution >= 4 is 27.6 Å². The molecule has 21 heavy (non-hydrogen) atoms. The number of carbonyl (C=O) groups is 1. The second kappa shape index (κ2) is 5.83. The molecule has 0 aliphatic heterocycles. The van der Waals surface area contributed by atoms with E-state index < -0.39 is 34.0 Å². The molecule has 2 aromatic rings. The Morgan fingerprint density at radius 2 is 2.19 bits per heavy atom. The molecule has 108 valence electrons. The average Bonchev–Trinajstić information content (AvgIpc) is 2.42. The monoisotopic (exact) mass is 356 g/mol.